The third kappa shape index (κ3) is 10.3. The van der Waals surface area contributed by atoms with E-state index in [0.29, 0.717) is 45.6 Å². The molecule has 0 unspecified atom stereocenters. The van der Waals surface area contributed by atoms with E-state index >= 15 is 0 Å². The van der Waals surface area contributed by atoms with Crippen LogP contribution in [-0.4, -0.2) is 24.2 Å². The first kappa shape index (κ1) is 39.1. The van der Waals surface area contributed by atoms with E-state index < -0.39 is 29.7 Å². The highest BCUT2D eigenvalue weighted by Crippen LogP contribution is 2.34. The molecule has 12 nitrogen and oxygen atoms in total. The number of carbonyl (C=O) groups is 4. The molecule has 0 aliphatic heterocycles. The minimum atomic E-state index is -0.720. The van der Waals surface area contributed by atoms with E-state index in [1.165, 1.54) is 0 Å². The van der Waals surface area contributed by atoms with Crippen molar-refractivity contribution in [1.29, 1.82) is 0 Å². The van der Waals surface area contributed by atoms with Crippen molar-refractivity contribution in [2.75, 3.05) is 31.9 Å². The standard InChI is InChI=1S/C45H42N6O6/c1-29-13-11-19-37(39(29)50-41(52)46-33-15-7-5-8-16-33)48-43(54)56-35-25-21-31(22-26-35)45(3,4)32-23-27-36(28-24-32)57-44(55)49-38-20-12-14-30(2)40(38)51-42(53)47-34-17-9-6-10-18-34/h5-28H,1-4H3,(H,48,54)(H,49,55)(H2,46,50,52)(H2,47,51,53). The summed E-state index contributed by atoms with van der Waals surface area (Å²) in [6.45, 7) is 7.76. The second-order valence-corrected chi connectivity index (χ2v) is 13.6. The Morgan fingerprint density at radius 1 is 0.421 bits per heavy atom. The topological polar surface area (TPSA) is 159 Å². The van der Waals surface area contributed by atoms with Gasteiger partial charge in [-0.25, -0.2) is 19.2 Å². The molecule has 0 heterocycles. The van der Waals surface area contributed by atoms with Crippen LogP contribution in [0, 0.1) is 13.8 Å². The maximum absolute atomic E-state index is 13.0. The summed E-state index contributed by atoms with van der Waals surface area (Å²) in [5.74, 6) is 0.657. The lowest BCUT2D eigenvalue weighted by Crippen LogP contribution is -2.23. The smallest absolute Gasteiger partial charge is 0.410 e. The van der Waals surface area contributed by atoms with Crippen molar-refractivity contribution < 1.29 is 28.7 Å². The van der Waals surface area contributed by atoms with Gasteiger partial charge in [0.15, 0.2) is 0 Å². The summed E-state index contributed by atoms with van der Waals surface area (Å²) in [5, 5.41) is 16.6. The number of para-hydroxylation sites is 4. The Morgan fingerprint density at radius 3 is 1.16 bits per heavy atom. The fourth-order valence-electron chi connectivity index (χ4n) is 6.00. The molecule has 0 saturated carbocycles. The number of rotatable bonds is 10. The summed E-state index contributed by atoms with van der Waals surface area (Å²) in [7, 11) is 0. The average molecular weight is 763 g/mol. The van der Waals surface area contributed by atoms with Gasteiger partial charge in [0, 0.05) is 16.8 Å². The predicted octanol–water partition coefficient (Wildman–Crippen LogP) is 11.1. The maximum atomic E-state index is 13.0. The van der Waals surface area contributed by atoms with Gasteiger partial charge < -0.3 is 30.7 Å². The predicted molar refractivity (Wildman–Crippen MR) is 225 cm³/mol. The summed E-state index contributed by atoms with van der Waals surface area (Å²) in [4.78, 5) is 51.3. The van der Waals surface area contributed by atoms with Crippen molar-refractivity contribution in [1.82, 2.24) is 0 Å². The first-order valence-corrected chi connectivity index (χ1v) is 18.1. The minimum Gasteiger partial charge on any atom is -0.410 e. The Balaban J connectivity index is 1.04. The number of amides is 6. The molecule has 57 heavy (non-hydrogen) atoms. The Labute approximate surface area is 330 Å². The van der Waals surface area contributed by atoms with Crippen molar-refractivity contribution in [2.24, 2.45) is 0 Å². The zero-order valence-electron chi connectivity index (χ0n) is 31.8. The number of benzene rings is 6. The van der Waals surface area contributed by atoms with Crippen LogP contribution in [0.2, 0.25) is 0 Å². The molecule has 0 fully saturated rings. The molecule has 6 N–H and O–H groups in total. The van der Waals surface area contributed by atoms with Crippen LogP contribution in [0.5, 0.6) is 11.5 Å². The van der Waals surface area contributed by atoms with Crippen LogP contribution >= 0.6 is 0 Å². The zero-order chi connectivity index (χ0) is 40.4. The number of anilines is 6. The van der Waals surface area contributed by atoms with Gasteiger partial charge in [-0.15, -0.1) is 0 Å². The molecule has 288 valence electrons. The van der Waals surface area contributed by atoms with Crippen LogP contribution in [-0.2, 0) is 5.41 Å². The number of hydrogen-bond donors (Lipinski definition) is 6. The summed E-state index contributed by atoms with van der Waals surface area (Å²) in [5.41, 5.74) is 5.84. The van der Waals surface area contributed by atoms with Crippen molar-refractivity contribution in [3.63, 3.8) is 0 Å². The molecule has 6 rings (SSSR count). The zero-order valence-corrected chi connectivity index (χ0v) is 31.8. The number of ether oxygens (including phenoxy) is 2. The number of urea groups is 2. The molecular formula is C45H42N6O6. The van der Waals surface area contributed by atoms with Crippen LogP contribution in [0.25, 0.3) is 0 Å². The molecule has 0 radical (unpaired) electrons. The number of nitrogens with one attached hydrogen (secondary N) is 6. The quantitative estimate of drug-likeness (QED) is 0.0815. The van der Waals surface area contributed by atoms with E-state index in [-0.39, 0.29) is 0 Å². The molecule has 0 aliphatic rings. The van der Waals surface area contributed by atoms with Crippen LogP contribution in [0.1, 0.15) is 36.1 Å². The molecule has 12 heteroatoms. The Morgan fingerprint density at radius 2 is 0.789 bits per heavy atom. The normalized spacial score (nSPS) is 10.7. The van der Waals surface area contributed by atoms with Crippen LogP contribution < -0.4 is 41.4 Å². The Kier molecular flexibility index (Phi) is 12.1. The molecule has 0 bridgehead atoms. The van der Waals surface area contributed by atoms with Crippen molar-refractivity contribution in [3.05, 3.63) is 168 Å². The second-order valence-electron chi connectivity index (χ2n) is 13.6. The van der Waals surface area contributed by atoms with Crippen molar-refractivity contribution >= 4 is 58.4 Å². The van der Waals surface area contributed by atoms with Gasteiger partial charge in [-0.05, 0) is 96.8 Å². The molecule has 0 spiro atoms. The number of aryl methyl sites for hydroxylation is 2. The Hall–Kier alpha value is -7.60. The lowest BCUT2D eigenvalue weighted by Gasteiger charge is -2.26. The molecule has 6 aromatic carbocycles. The van der Waals surface area contributed by atoms with Gasteiger partial charge in [0.25, 0.3) is 0 Å². The van der Waals surface area contributed by atoms with Crippen LogP contribution in [0.4, 0.5) is 53.3 Å². The molecular weight excluding hydrogens is 721 g/mol. The number of hydrogen-bond acceptors (Lipinski definition) is 6. The third-order valence-electron chi connectivity index (χ3n) is 9.13. The summed E-state index contributed by atoms with van der Waals surface area (Å²) >= 11 is 0. The molecule has 0 aliphatic carbocycles. The van der Waals surface area contributed by atoms with Gasteiger partial charge in [0.05, 0.1) is 22.7 Å². The first-order valence-electron chi connectivity index (χ1n) is 18.1. The van der Waals surface area contributed by atoms with E-state index in [9.17, 15) is 19.2 Å². The average Bonchev–Trinajstić information content (AvgIpc) is 3.19. The van der Waals surface area contributed by atoms with E-state index in [1.54, 1.807) is 72.8 Å². The highest BCUT2D eigenvalue weighted by molar-refractivity contribution is 6.05. The van der Waals surface area contributed by atoms with Crippen LogP contribution in [0.3, 0.4) is 0 Å². The second kappa shape index (κ2) is 17.7. The van der Waals surface area contributed by atoms with Gasteiger partial charge in [-0.2, -0.15) is 0 Å². The first-order chi connectivity index (χ1) is 27.4. The van der Waals surface area contributed by atoms with Gasteiger partial charge in [-0.3, -0.25) is 10.6 Å². The maximum Gasteiger partial charge on any atom is 0.417 e. The van der Waals surface area contributed by atoms with Crippen molar-refractivity contribution in [2.45, 2.75) is 33.1 Å². The molecule has 0 saturated heterocycles. The van der Waals surface area contributed by atoms with E-state index in [2.05, 4.69) is 45.7 Å². The van der Waals surface area contributed by atoms with Gasteiger partial charge in [-0.1, -0.05) is 98.8 Å². The van der Waals surface area contributed by atoms with E-state index in [4.69, 9.17) is 9.47 Å². The highest BCUT2D eigenvalue weighted by atomic mass is 16.6. The SMILES string of the molecule is Cc1cccc(NC(=O)Oc2ccc(C(C)(C)c3ccc(OC(=O)Nc4cccc(C)c4NC(=O)Nc4ccccc4)cc3)cc2)c1NC(=O)Nc1ccccc1. The Bertz CT molecular complexity index is 2200. The fraction of sp³-hybridized carbons (Fsp3) is 0.111. The van der Waals surface area contributed by atoms with Crippen molar-refractivity contribution in [3.8, 4) is 11.5 Å². The largest absolute Gasteiger partial charge is 0.417 e. The molecule has 0 aromatic heterocycles. The summed E-state index contributed by atoms with van der Waals surface area (Å²) in [6, 6.07) is 42.0. The molecule has 0 atom stereocenters. The lowest BCUT2D eigenvalue weighted by atomic mass is 9.78. The summed E-state index contributed by atoms with van der Waals surface area (Å²) < 4.78 is 11.2. The van der Waals surface area contributed by atoms with Gasteiger partial charge >= 0.3 is 24.2 Å². The van der Waals surface area contributed by atoms with E-state index in [0.717, 1.165) is 22.3 Å². The third-order valence-corrected chi connectivity index (χ3v) is 9.13. The van der Waals surface area contributed by atoms with Gasteiger partial charge in [0.1, 0.15) is 11.5 Å². The monoisotopic (exact) mass is 762 g/mol. The lowest BCUT2D eigenvalue weighted by molar-refractivity contribution is 0.214. The summed E-state index contributed by atoms with van der Waals surface area (Å²) in [6.07, 6.45) is -1.44. The molecule has 6 aromatic rings. The van der Waals surface area contributed by atoms with E-state index in [1.807, 2.05) is 86.6 Å². The molecule has 6 amide bonds. The number of carbonyl (C=O) groups excluding carboxylic acids is 4. The fourth-order valence-corrected chi connectivity index (χ4v) is 6.00. The van der Waals surface area contributed by atoms with Gasteiger partial charge in [0.2, 0.25) is 0 Å². The van der Waals surface area contributed by atoms with Crippen LogP contribution in [0.15, 0.2) is 146 Å². The minimum absolute atomic E-state index is 0.328. The highest BCUT2D eigenvalue weighted by Gasteiger charge is 2.24.